The summed E-state index contributed by atoms with van der Waals surface area (Å²) in [5.41, 5.74) is 3.12. The van der Waals surface area contributed by atoms with Crippen LogP contribution in [0.25, 0.3) is 0 Å². The Kier molecular flexibility index (Phi) is 4.09. The quantitative estimate of drug-likeness (QED) is 0.654. The Balaban J connectivity index is 2.79. The van der Waals surface area contributed by atoms with Crippen molar-refractivity contribution < 1.29 is 0 Å². The molecule has 0 saturated heterocycles. The summed E-state index contributed by atoms with van der Waals surface area (Å²) >= 11 is 7.08. The summed E-state index contributed by atoms with van der Waals surface area (Å²) in [6.07, 6.45) is 0. The highest BCUT2D eigenvalue weighted by atomic mass is 35.5. The molecule has 0 fully saturated rings. The van der Waals surface area contributed by atoms with Crippen LogP contribution >= 0.6 is 23.4 Å². The lowest BCUT2D eigenvalue weighted by atomic mass is 9.87. The predicted octanol–water partition coefficient (Wildman–Crippen LogP) is 4.79. The van der Waals surface area contributed by atoms with Gasteiger partial charge in [0.2, 0.25) is 0 Å². The van der Waals surface area contributed by atoms with E-state index in [9.17, 15) is 0 Å². The molecule has 0 aliphatic carbocycles. The second-order valence-electron chi connectivity index (χ2n) is 4.15. The minimum absolute atomic E-state index is 0.228. The van der Waals surface area contributed by atoms with Gasteiger partial charge in [0.05, 0.1) is 0 Å². The van der Waals surface area contributed by atoms with Gasteiger partial charge in [-0.25, -0.2) is 0 Å². The first-order valence-electron chi connectivity index (χ1n) is 4.56. The molecule has 0 radical (unpaired) electrons. The molecule has 0 atom stereocenters. The molecule has 1 rings (SSSR count). The molecule has 1 aromatic rings. The summed E-state index contributed by atoms with van der Waals surface area (Å²) in [5, 5.41) is 1.87. The van der Waals surface area contributed by atoms with Crippen LogP contribution in [-0.2, 0) is 5.41 Å². The van der Waals surface area contributed by atoms with Crippen molar-refractivity contribution in [3.63, 3.8) is 0 Å². The van der Waals surface area contributed by atoms with Crippen LogP contribution in [0.1, 0.15) is 26.3 Å². The van der Waals surface area contributed by atoms with E-state index in [4.69, 9.17) is 11.6 Å². The van der Waals surface area contributed by atoms with Gasteiger partial charge in [-0.15, -0.1) is 0 Å². The first-order chi connectivity index (χ1) is 6.54. The SMILES string of the molecule is CC(C)(C)c1ccc(S/C=C/Cl)cc1. The zero-order chi connectivity index (χ0) is 10.6. The molecule has 76 valence electrons. The molecule has 0 nitrogen and oxygen atoms in total. The molecular weight excluding hydrogens is 212 g/mol. The number of thioether (sulfide) groups is 1. The van der Waals surface area contributed by atoms with Crippen molar-refractivity contribution >= 4 is 23.4 Å². The van der Waals surface area contributed by atoms with Crippen LogP contribution in [0.2, 0.25) is 0 Å². The fraction of sp³-hybridized carbons (Fsp3) is 0.333. The Morgan fingerprint density at radius 1 is 1.14 bits per heavy atom. The summed E-state index contributed by atoms with van der Waals surface area (Å²) in [4.78, 5) is 1.22. The molecule has 0 saturated carbocycles. The van der Waals surface area contributed by atoms with Gasteiger partial charge in [0.25, 0.3) is 0 Å². The van der Waals surface area contributed by atoms with Gasteiger partial charge in [0, 0.05) is 10.4 Å². The highest BCUT2D eigenvalue weighted by molar-refractivity contribution is 8.02. The zero-order valence-electron chi connectivity index (χ0n) is 8.75. The van der Waals surface area contributed by atoms with E-state index in [1.807, 2.05) is 5.41 Å². The van der Waals surface area contributed by atoms with Crippen molar-refractivity contribution in [3.05, 3.63) is 40.8 Å². The van der Waals surface area contributed by atoms with Gasteiger partial charge in [-0.05, 0) is 28.5 Å². The van der Waals surface area contributed by atoms with Gasteiger partial charge in [0.1, 0.15) is 0 Å². The Morgan fingerprint density at radius 3 is 2.14 bits per heavy atom. The molecule has 0 unspecified atom stereocenters. The molecular formula is C12H15ClS. The van der Waals surface area contributed by atoms with Crippen LogP contribution in [-0.4, -0.2) is 0 Å². The maximum atomic E-state index is 5.45. The van der Waals surface area contributed by atoms with Gasteiger partial charge in [-0.2, -0.15) is 0 Å². The lowest BCUT2D eigenvalue weighted by Gasteiger charge is -2.18. The van der Waals surface area contributed by atoms with E-state index in [1.54, 1.807) is 11.8 Å². The second-order valence-corrected chi connectivity index (χ2v) is 5.39. The molecule has 2 heteroatoms. The van der Waals surface area contributed by atoms with E-state index >= 15 is 0 Å². The van der Waals surface area contributed by atoms with E-state index in [0.29, 0.717) is 0 Å². The van der Waals surface area contributed by atoms with E-state index in [2.05, 4.69) is 45.0 Å². The summed E-state index contributed by atoms with van der Waals surface area (Å²) < 4.78 is 0. The second kappa shape index (κ2) is 4.90. The average molecular weight is 227 g/mol. The van der Waals surface area contributed by atoms with Gasteiger partial charge >= 0.3 is 0 Å². The highest BCUT2D eigenvalue weighted by Gasteiger charge is 2.12. The molecule has 0 aromatic heterocycles. The summed E-state index contributed by atoms with van der Waals surface area (Å²) in [5.74, 6) is 0. The smallest absolute Gasteiger partial charge is 0.0116 e. The Morgan fingerprint density at radius 2 is 1.71 bits per heavy atom. The molecule has 0 N–H and O–H groups in total. The Labute approximate surface area is 95.4 Å². The maximum Gasteiger partial charge on any atom is 0.0116 e. The minimum atomic E-state index is 0.228. The normalized spacial score (nSPS) is 12.3. The molecule has 1 aromatic carbocycles. The largest absolute Gasteiger partial charge is 0.0972 e. The summed E-state index contributed by atoms with van der Waals surface area (Å²) in [7, 11) is 0. The lowest BCUT2D eigenvalue weighted by Crippen LogP contribution is -2.10. The number of rotatable bonds is 2. The van der Waals surface area contributed by atoms with Gasteiger partial charge < -0.3 is 0 Å². The van der Waals surface area contributed by atoms with Crippen LogP contribution in [0.3, 0.4) is 0 Å². The van der Waals surface area contributed by atoms with E-state index in [1.165, 1.54) is 16.0 Å². The number of benzene rings is 1. The van der Waals surface area contributed by atoms with Crippen molar-refractivity contribution in [1.29, 1.82) is 0 Å². The highest BCUT2D eigenvalue weighted by Crippen LogP contribution is 2.26. The first kappa shape index (κ1) is 11.7. The topological polar surface area (TPSA) is 0 Å². The summed E-state index contributed by atoms with van der Waals surface area (Å²) in [6.45, 7) is 6.65. The molecule has 0 aliphatic rings. The van der Waals surface area contributed by atoms with Gasteiger partial charge in [0.15, 0.2) is 0 Å². The van der Waals surface area contributed by atoms with E-state index in [0.717, 1.165) is 0 Å². The third-order valence-corrected chi connectivity index (χ3v) is 3.07. The van der Waals surface area contributed by atoms with Crippen LogP contribution in [0.4, 0.5) is 0 Å². The molecule has 0 spiro atoms. The molecule has 0 bridgehead atoms. The fourth-order valence-electron chi connectivity index (χ4n) is 1.14. The van der Waals surface area contributed by atoms with Crippen LogP contribution in [0.5, 0.6) is 0 Å². The number of hydrogen-bond donors (Lipinski definition) is 0. The first-order valence-corrected chi connectivity index (χ1v) is 5.88. The van der Waals surface area contributed by atoms with E-state index in [-0.39, 0.29) is 5.41 Å². The molecule has 0 heterocycles. The molecule has 0 aliphatic heterocycles. The molecule has 0 amide bonds. The monoisotopic (exact) mass is 226 g/mol. The van der Waals surface area contributed by atoms with Crippen molar-refractivity contribution in [2.45, 2.75) is 31.1 Å². The lowest BCUT2D eigenvalue weighted by molar-refractivity contribution is 0.590. The summed E-state index contributed by atoms with van der Waals surface area (Å²) in [6, 6.07) is 8.60. The fourth-order valence-corrected chi connectivity index (χ4v) is 1.79. The van der Waals surface area contributed by atoms with Crippen LogP contribution in [0, 0.1) is 0 Å². The van der Waals surface area contributed by atoms with Crippen molar-refractivity contribution in [3.8, 4) is 0 Å². The third kappa shape index (κ3) is 3.39. The van der Waals surface area contributed by atoms with Crippen molar-refractivity contribution in [2.75, 3.05) is 0 Å². The van der Waals surface area contributed by atoms with Crippen LogP contribution in [0.15, 0.2) is 40.1 Å². The van der Waals surface area contributed by atoms with Crippen molar-refractivity contribution in [2.24, 2.45) is 0 Å². The number of hydrogen-bond acceptors (Lipinski definition) is 1. The number of halogens is 1. The Hall–Kier alpha value is -0.400. The van der Waals surface area contributed by atoms with E-state index < -0.39 is 0 Å². The van der Waals surface area contributed by atoms with Gasteiger partial charge in [-0.1, -0.05) is 56.3 Å². The average Bonchev–Trinajstić information content (AvgIpc) is 2.14. The standard InChI is InChI=1S/C12H15ClS/c1-12(2,3)10-4-6-11(7-5-10)14-9-8-13/h4-9H,1-3H3/b9-8+. The molecule has 14 heavy (non-hydrogen) atoms. The maximum absolute atomic E-state index is 5.45. The third-order valence-electron chi connectivity index (χ3n) is 1.98. The van der Waals surface area contributed by atoms with Crippen LogP contribution < -0.4 is 0 Å². The Bertz CT molecular complexity index is 306. The van der Waals surface area contributed by atoms with Gasteiger partial charge in [-0.3, -0.25) is 0 Å². The predicted molar refractivity (Wildman–Crippen MR) is 66.0 cm³/mol. The zero-order valence-corrected chi connectivity index (χ0v) is 10.3. The minimum Gasteiger partial charge on any atom is -0.0972 e. The van der Waals surface area contributed by atoms with Crippen molar-refractivity contribution in [1.82, 2.24) is 0 Å².